The smallest absolute Gasteiger partial charge is 0.251 e. The van der Waals surface area contributed by atoms with Gasteiger partial charge in [0, 0.05) is 44.3 Å². The van der Waals surface area contributed by atoms with Crippen LogP contribution in [-0.2, 0) is 16.6 Å². The lowest BCUT2D eigenvalue weighted by Crippen LogP contribution is -2.27. The van der Waals surface area contributed by atoms with Crippen molar-refractivity contribution in [1.82, 2.24) is 19.6 Å². The van der Waals surface area contributed by atoms with Crippen LogP contribution in [0.1, 0.15) is 15.9 Å². The van der Waals surface area contributed by atoms with Crippen LogP contribution in [0.15, 0.2) is 71.9 Å². The molecule has 0 aliphatic heterocycles. The van der Waals surface area contributed by atoms with E-state index in [-0.39, 0.29) is 17.3 Å². The van der Waals surface area contributed by atoms with Crippen LogP contribution in [0.2, 0.25) is 0 Å². The zero-order chi connectivity index (χ0) is 20.9. The molecule has 1 heterocycles. The standard InChI is InChI=1S/C20H21N5O3S/c1-25(2)29(27,28)18-10-4-3-7-16(18)14-23-19(26)15-8-5-9-17(13-15)24-20-21-11-6-12-22-20/h3-13H,14H2,1-2H3,(H,23,26)(H,21,22,24). The van der Waals surface area contributed by atoms with Crippen LogP contribution in [0.5, 0.6) is 0 Å². The lowest BCUT2D eigenvalue weighted by molar-refractivity contribution is 0.0950. The highest BCUT2D eigenvalue weighted by molar-refractivity contribution is 7.89. The molecule has 3 aromatic rings. The van der Waals surface area contributed by atoms with Crippen molar-refractivity contribution in [2.75, 3.05) is 19.4 Å². The Morgan fingerprint density at radius 2 is 1.72 bits per heavy atom. The first-order chi connectivity index (χ1) is 13.9. The Morgan fingerprint density at radius 1 is 1.00 bits per heavy atom. The predicted molar refractivity (Wildman–Crippen MR) is 110 cm³/mol. The second kappa shape index (κ2) is 8.80. The molecule has 0 unspecified atom stereocenters. The van der Waals surface area contributed by atoms with Crippen LogP contribution in [0.3, 0.4) is 0 Å². The molecule has 3 rings (SSSR count). The molecule has 150 valence electrons. The van der Waals surface area contributed by atoms with E-state index in [9.17, 15) is 13.2 Å². The minimum atomic E-state index is -3.60. The van der Waals surface area contributed by atoms with E-state index in [1.165, 1.54) is 20.2 Å². The van der Waals surface area contributed by atoms with Crippen molar-refractivity contribution in [2.45, 2.75) is 11.4 Å². The zero-order valence-corrected chi connectivity index (χ0v) is 16.8. The van der Waals surface area contributed by atoms with Gasteiger partial charge in [-0.3, -0.25) is 4.79 Å². The minimum Gasteiger partial charge on any atom is -0.348 e. The van der Waals surface area contributed by atoms with Crippen LogP contribution in [0.25, 0.3) is 0 Å². The zero-order valence-electron chi connectivity index (χ0n) is 16.0. The molecule has 8 nitrogen and oxygen atoms in total. The Kier molecular flexibility index (Phi) is 6.20. The van der Waals surface area contributed by atoms with Gasteiger partial charge in [-0.1, -0.05) is 24.3 Å². The summed E-state index contributed by atoms with van der Waals surface area (Å²) in [6, 6.07) is 15.2. The number of benzene rings is 2. The molecule has 0 radical (unpaired) electrons. The largest absolute Gasteiger partial charge is 0.348 e. The van der Waals surface area contributed by atoms with Gasteiger partial charge < -0.3 is 10.6 Å². The fourth-order valence-corrected chi connectivity index (χ4v) is 3.72. The highest BCUT2D eigenvalue weighted by Gasteiger charge is 2.21. The van der Waals surface area contributed by atoms with Gasteiger partial charge in [-0.25, -0.2) is 22.7 Å². The Bertz CT molecular complexity index is 1100. The van der Waals surface area contributed by atoms with Gasteiger partial charge >= 0.3 is 0 Å². The summed E-state index contributed by atoms with van der Waals surface area (Å²) in [4.78, 5) is 20.9. The maximum Gasteiger partial charge on any atom is 0.251 e. The summed E-state index contributed by atoms with van der Waals surface area (Å²) >= 11 is 0. The number of anilines is 2. The molecule has 0 aliphatic rings. The number of carbonyl (C=O) groups excluding carboxylic acids is 1. The molecule has 9 heteroatoms. The van der Waals surface area contributed by atoms with Crippen LogP contribution < -0.4 is 10.6 Å². The van der Waals surface area contributed by atoms with Crippen molar-refractivity contribution in [1.29, 1.82) is 0 Å². The molecule has 0 atom stereocenters. The highest BCUT2D eigenvalue weighted by atomic mass is 32.2. The summed E-state index contributed by atoms with van der Waals surface area (Å²) in [5.41, 5.74) is 1.61. The van der Waals surface area contributed by atoms with E-state index in [0.717, 1.165) is 4.31 Å². The molecule has 0 bridgehead atoms. The number of hydrogen-bond donors (Lipinski definition) is 2. The fraction of sp³-hybridized carbons (Fsp3) is 0.150. The van der Waals surface area contributed by atoms with Crippen LogP contribution in [-0.4, -0.2) is 42.7 Å². The molecular formula is C20H21N5O3S. The van der Waals surface area contributed by atoms with Crippen LogP contribution in [0.4, 0.5) is 11.6 Å². The summed E-state index contributed by atoms with van der Waals surface area (Å²) in [5.74, 6) is 0.104. The number of aromatic nitrogens is 2. The van der Waals surface area contributed by atoms with Crippen molar-refractivity contribution in [3.63, 3.8) is 0 Å². The first kappa shape index (κ1) is 20.4. The number of amides is 1. The Hall–Kier alpha value is -3.30. The number of nitrogens with zero attached hydrogens (tertiary/aromatic N) is 3. The molecule has 1 aromatic heterocycles. The van der Waals surface area contributed by atoms with Crippen LogP contribution >= 0.6 is 0 Å². The normalized spacial score (nSPS) is 11.3. The van der Waals surface area contributed by atoms with Gasteiger partial charge in [0.1, 0.15) is 0 Å². The average molecular weight is 411 g/mol. The molecular weight excluding hydrogens is 390 g/mol. The number of carbonyl (C=O) groups is 1. The van der Waals surface area contributed by atoms with Gasteiger partial charge in [0.25, 0.3) is 5.91 Å². The third-order valence-corrected chi connectivity index (χ3v) is 6.03. The van der Waals surface area contributed by atoms with Gasteiger partial charge in [0.2, 0.25) is 16.0 Å². The molecule has 2 aromatic carbocycles. The van der Waals surface area contributed by atoms with Gasteiger partial charge in [0.15, 0.2) is 0 Å². The van der Waals surface area contributed by atoms with Crippen molar-refractivity contribution in [2.24, 2.45) is 0 Å². The van der Waals surface area contributed by atoms with E-state index in [1.807, 2.05) is 0 Å². The number of nitrogens with one attached hydrogen (secondary N) is 2. The molecule has 1 amide bonds. The topological polar surface area (TPSA) is 104 Å². The lowest BCUT2D eigenvalue weighted by Gasteiger charge is -2.15. The molecule has 0 fully saturated rings. The van der Waals surface area contributed by atoms with Crippen molar-refractivity contribution in [3.05, 3.63) is 78.1 Å². The van der Waals surface area contributed by atoms with E-state index in [4.69, 9.17) is 0 Å². The fourth-order valence-electron chi connectivity index (χ4n) is 2.61. The quantitative estimate of drug-likeness (QED) is 0.619. The first-order valence-corrected chi connectivity index (χ1v) is 10.2. The number of rotatable bonds is 7. The van der Waals surface area contributed by atoms with E-state index in [0.29, 0.717) is 22.8 Å². The number of hydrogen-bond acceptors (Lipinski definition) is 6. The van der Waals surface area contributed by atoms with Crippen molar-refractivity contribution < 1.29 is 13.2 Å². The summed E-state index contributed by atoms with van der Waals surface area (Å²) in [6.07, 6.45) is 3.23. The Labute approximate surface area is 169 Å². The first-order valence-electron chi connectivity index (χ1n) is 8.80. The van der Waals surface area contributed by atoms with E-state index < -0.39 is 10.0 Å². The summed E-state index contributed by atoms with van der Waals surface area (Å²) < 4.78 is 26.1. The van der Waals surface area contributed by atoms with Gasteiger partial charge in [-0.15, -0.1) is 0 Å². The minimum absolute atomic E-state index is 0.0849. The second-order valence-corrected chi connectivity index (χ2v) is 8.48. The summed E-state index contributed by atoms with van der Waals surface area (Å²) in [7, 11) is -0.660. The summed E-state index contributed by atoms with van der Waals surface area (Å²) in [6.45, 7) is 0.0849. The number of sulfonamides is 1. The molecule has 2 N–H and O–H groups in total. The Balaban J connectivity index is 1.73. The molecule has 29 heavy (non-hydrogen) atoms. The second-order valence-electron chi connectivity index (χ2n) is 6.36. The molecule has 0 saturated heterocycles. The van der Waals surface area contributed by atoms with Gasteiger partial charge in [-0.05, 0) is 35.9 Å². The van der Waals surface area contributed by atoms with Crippen LogP contribution in [0, 0.1) is 0 Å². The third-order valence-electron chi connectivity index (χ3n) is 4.12. The summed E-state index contributed by atoms with van der Waals surface area (Å²) in [5, 5.41) is 5.80. The van der Waals surface area contributed by atoms with E-state index >= 15 is 0 Å². The lowest BCUT2D eigenvalue weighted by atomic mass is 10.1. The van der Waals surface area contributed by atoms with E-state index in [2.05, 4.69) is 20.6 Å². The van der Waals surface area contributed by atoms with Gasteiger partial charge in [-0.2, -0.15) is 0 Å². The average Bonchev–Trinajstić information content (AvgIpc) is 2.73. The molecule has 0 saturated carbocycles. The molecule has 0 spiro atoms. The maximum atomic E-state index is 12.6. The van der Waals surface area contributed by atoms with E-state index in [1.54, 1.807) is 60.9 Å². The maximum absolute atomic E-state index is 12.6. The Morgan fingerprint density at radius 3 is 2.45 bits per heavy atom. The SMILES string of the molecule is CN(C)S(=O)(=O)c1ccccc1CNC(=O)c1cccc(Nc2ncccn2)c1. The third kappa shape index (κ3) is 4.95. The van der Waals surface area contributed by atoms with Crippen molar-refractivity contribution >= 4 is 27.6 Å². The van der Waals surface area contributed by atoms with Gasteiger partial charge in [0.05, 0.1) is 4.90 Å². The highest BCUT2D eigenvalue weighted by Crippen LogP contribution is 2.19. The molecule has 0 aliphatic carbocycles. The predicted octanol–water partition coefficient (Wildman–Crippen LogP) is 2.40. The monoisotopic (exact) mass is 411 g/mol. The van der Waals surface area contributed by atoms with Crippen molar-refractivity contribution in [3.8, 4) is 0 Å².